The number of piperazine rings is 1. The van der Waals surface area contributed by atoms with E-state index in [9.17, 15) is 18.0 Å². The van der Waals surface area contributed by atoms with Crippen molar-refractivity contribution >= 4 is 37.8 Å². The van der Waals surface area contributed by atoms with Gasteiger partial charge in [-0.15, -0.1) is 0 Å². The van der Waals surface area contributed by atoms with Crippen LogP contribution in [0.4, 0.5) is 0 Å². The van der Waals surface area contributed by atoms with Crippen LogP contribution in [-0.4, -0.2) is 60.0 Å². The van der Waals surface area contributed by atoms with Crippen LogP contribution in [-0.2, 0) is 26.2 Å². The zero-order valence-corrected chi connectivity index (χ0v) is 14.9. The molecule has 0 radical (unpaired) electrons. The van der Waals surface area contributed by atoms with Gasteiger partial charge in [-0.3, -0.25) is 9.59 Å². The first-order chi connectivity index (χ1) is 10.7. The summed E-state index contributed by atoms with van der Waals surface area (Å²) in [5, 5.41) is 8.98. The van der Waals surface area contributed by atoms with Crippen LogP contribution in [0.15, 0.2) is 28.7 Å². The molecule has 1 aliphatic rings. The Hall–Kier alpha value is -1.45. The van der Waals surface area contributed by atoms with Gasteiger partial charge in [0.15, 0.2) is 0 Å². The molecule has 1 aromatic rings. The first-order valence-electron chi connectivity index (χ1n) is 6.90. The number of sulfonamides is 1. The topological polar surface area (TPSA) is 95.0 Å². The molecule has 2 rings (SSSR count). The Morgan fingerprint density at radius 2 is 2.09 bits per heavy atom. The molecule has 9 heteroatoms. The minimum Gasteiger partial charge on any atom is -0.481 e. The van der Waals surface area contributed by atoms with E-state index in [1.807, 2.05) is 24.3 Å². The molecule has 1 aliphatic heterocycles. The molecule has 23 heavy (non-hydrogen) atoms. The van der Waals surface area contributed by atoms with Crippen molar-refractivity contribution < 1.29 is 23.1 Å². The number of halogens is 1. The van der Waals surface area contributed by atoms with Gasteiger partial charge >= 0.3 is 5.97 Å². The number of hydrogen-bond donors (Lipinski definition) is 1. The molecule has 1 unspecified atom stereocenters. The molecule has 0 spiro atoms. The van der Waals surface area contributed by atoms with Gasteiger partial charge in [0.05, 0.1) is 12.7 Å². The molecule has 1 amide bonds. The largest absolute Gasteiger partial charge is 0.481 e. The summed E-state index contributed by atoms with van der Waals surface area (Å²) in [6.45, 7) is 0.636. The minimum absolute atomic E-state index is 0.0938. The van der Waals surface area contributed by atoms with Gasteiger partial charge in [0, 0.05) is 24.1 Å². The van der Waals surface area contributed by atoms with E-state index in [-0.39, 0.29) is 13.1 Å². The molecule has 0 aromatic heterocycles. The smallest absolute Gasteiger partial charge is 0.305 e. The molecule has 0 saturated carbocycles. The van der Waals surface area contributed by atoms with Crippen LogP contribution in [0.5, 0.6) is 0 Å². The van der Waals surface area contributed by atoms with Crippen LogP contribution in [0.2, 0.25) is 0 Å². The van der Waals surface area contributed by atoms with Crippen molar-refractivity contribution in [3.63, 3.8) is 0 Å². The van der Waals surface area contributed by atoms with Crippen molar-refractivity contribution in [3.05, 3.63) is 34.3 Å². The fraction of sp³-hybridized carbons (Fsp3) is 0.429. The Kier molecular flexibility index (Phi) is 5.43. The zero-order valence-electron chi connectivity index (χ0n) is 12.5. The van der Waals surface area contributed by atoms with Crippen molar-refractivity contribution in [1.82, 2.24) is 9.21 Å². The molecule has 1 N–H and O–H groups in total. The summed E-state index contributed by atoms with van der Waals surface area (Å²) in [5.74, 6) is -1.69. The van der Waals surface area contributed by atoms with E-state index in [0.717, 1.165) is 20.6 Å². The summed E-state index contributed by atoms with van der Waals surface area (Å²) in [6, 6.07) is 6.23. The van der Waals surface area contributed by atoms with Crippen LogP contribution in [0.3, 0.4) is 0 Å². The third-order valence-electron chi connectivity index (χ3n) is 3.59. The number of nitrogens with zero attached hydrogens (tertiary/aromatic N) is 2. The van der Waals surface area contributed by atoms with Crippen LogP contribution in [0.25, 0.3) is 0 Å². The van der Waals surface area contributed by atoms with E-state index in [1.165, 1.54) is 4.90 Å². The maximum Gasteiger partial charge on any atom is 0.305 e. The van der Waals surface area contributed by atoms with E-state index >= 15 is 0 Å². The molecule has 1 atom stereocenters. The van der Waals surface area contributed by atoms with Gasteiger partial charge < -0.3 is 10.0 Å². The average Bonchev–Trinajstić information content (AvgIpc) is 2.41. The number of carboxylic acids is 1. The quantitative estimate of drug-likeness (QED) is 0.786. The lowest BCUT2D eigenvalue weighted by molar-refractivity contribution is -0.147. The lowest BCUT2D eigenvalue weighted by Gasteiger charge is -2.38. The Morgan fingerprint density at radius 3 is 2.65 bits per heavy atom. The average molecular weight is 405 g/mol. The molecule has 126 valence electrons. The highest BCUT2D eigenvalue weighted by atomic mass is 79.9. The fourth-order valence-corrected chi connectivity index (χ4v) is 4.07. The van der Waals surface area contributed by atoms with Gasteiger partial charge in [-0.05, 0) is 17.7 Å². The standard InChI is InChI=1S/C14H17BrN2O5S/c1-23(21,22)17-6-5-16(14(20)12(17)8-13(18)19)9-10-3-2-4-11(15)7-10/h2-4,7,12H,5-6,8-9H2,1H3,(H,18,19). The van der Waals surface area contributed by atoms with Crippen LogP contribution in [0, 0.1) is 0 Å². The minimum atomic E-state index is -3.64. The first kappa shape index (κ1) is 17.9. The molecule has 1 aromatic carbocycles. The van der Waals surface area contributed by atoms with Crippen molar-refractivity contribution in [2.75, 3.05) is 19.3 Å². The maximum absolute atomic E-state index is 12.6. The van der Waals surface area contributed by atoms with Gasteiger partial charge in [0.25, 0.3) is 0 Å². The molecular formula is C14H17BrN2O5S. The molecule has 1 saturated heterocycles. The number of aliphatic carboxylic acids is 1. The molecule has 0 bridgehead atoms. The number of hydrogen-bond acceptors (Lipinski definition) is 4. The van der Waals surface area contributed by atoms with E-state index in [2.05, 4.69) is 15.9 Å². The summed E-state index contributed by atoms with van der Waals surface area (Å²) in [5.41, 5.74) is 0.884. The third kappa shape index (κ3) is 4.52. The maximum atomic E-state index is 12.6. The highest BCUT2D eigenvalue weighted by molar-refractivity contribution is 9.10. The van der Waals surface area contributed by atoms with Gasteiger partial charge in [-0.1, -0.05) is 28.1 Å². The van der Waals surface area contributed by atoms with E-state index in [1.54, 1.807) is 0 Å². The van der Waals surface area contributed by atoms with Gasteiger partial charge in [-0.25, -0.2) is 8.42 Å². The summed E-state index contributed by atoms with van der Waals surface area (Å²) in [7, 11) is -3.64. The second kappa shape index (κ2) is 6.98. The van der Waals surface area contributed by atoms with Crippen molar-refractivity contribution in [3.8, 4) is 0 Å². The summed E-state index contributed by atoms with van der Waals surface area (Å²) >= 11 is 3.35. The second-order valence-electron chi connectivity index (χ2n) is 5.38. The Balaban J connectivity index is 2.22. The SMILES string of the molecule is CS(=O)(=O)N1CCN(Cc2cccc(Br)c2)C(=O)C1CC(=O)O. The summed E-state index contributed by atoms with van der Waals surface area (Å²) in [6.07, 6.45) is 0.444. The normalized spacial score (nSPS) is 19.8. The van der Waals surface area contributed by atoms with Crippen LogP contribution < -0.4 is 0 Å². The lowest BCUT2D eigenvalue weighted by atomic mass is 10.1. The number of carbonyl (C=O) groups excluding carboxylic acids is 1. The van der Waals surface area contributed by atoms with Crippen LogP contribution in [0.1, 0.15) is 12.0 Å². The first-order valence-corrected chi connectivity index (χ1v) is 9.54. The van der Waals surface area contributed by atoms with Gasteiger partial charge in [-0.2, -0.15) is 4.31 Å². The monoisotopic (exact) mass is 404 g/mol. The Bertz CT molecular complexity index is 722. The highest BCUT2D eigenvalue weighted by Crippen LogP contribution is 2.21. The predicted octanol–water partition coefficient (Wildman–Crippen LogP) is 0.896. The van der Waals surface area contributed by atoms with Gasteiger partial charge in [0.2, 0.25) is 15.9 Å². The number of carbonyl (C=O) groups is 2. The van der Waals surface area contributed by atoms with Crippen molar-refractivity contribution in [1.29, 1.82) is 0 Å². The molecule has 1 heterocycles. The number of amides is 1. The number of carboxylic acid groups (broad SMARTS) is 1. The van der Waals surface area contributed by atoms with E-state index < -0.39 is 34.4 Å². The summed E-state index contributed by atoms with van der Waals surface area (Å²) < 4.78 is 25.4. The highest BCUT2D eigenvalue weighted by Gasteiger charge is 2.40. The van der Waals surface area contributed by atoms with Gasteiger partial charge in [0.1, 0.15) is 6.04 Å². The molecule has 0 aliphatic carbocycles. The fourth-order valence-electron chi connectivity index (χ4n) is 2.58. The zero-order chi connectivity index (χ0) is 17.2. The lowest BCUT2D eigenvalue weighted by Crippen LogP contribution is -2.58. The molecule has 7 nitrogen and oxygen atoms in total. The van der Waals surface area contributed by atoms with Crippen LogP contribution >= 0.6 is 15.9 Å². The predicted molar refractivity (Wildman–Crippen MR) is 87.1 cm³/mol. The van der Waals surface area contributed by atoms with Crippen molar-refractivity contribution in [2.24, 2.45) is 0 Å². The Morgan fingerprint density at radius 1 is 1.39 bits per heavy atom. The second-order valence-corrected chi connectivity index (χ2v) is 8.23. The molecule has 1 fully saturated rings. The van der Waals surface area contributed by atoms with E-state index in [0.29, 0.717) is 6.54 Å². The summed E-state index contributed by atoms with van der Waals surface area (Å²) in [4.78, 5) is 25.0. The number of rotatable bonds is 5. The number of benzene rings is 1. The Labute approximate surface area is 143 Å². The van der Waals surface area contributed by atoms with E-state index in [4.69, 9.17) is 5.11 Å². The van der Waals surface area contributed by atoms with Crippen molar-refractivity contribution in [2.45, 2.75) is 19.0 Å². The third-order valence-corrected chi connectivity index (χ3v) is 5.37. The molecular weight excluding hydrogens is 388 g/mol.